The highest BCUT2D eigenvalue weighted by molar-refractivity contribution is 6.20. The van der Waals surface area contributed by atoms with Crippen LogP contribution in [-0.4, -0.2) is 21.9 Å². The summed E-state index contributed by atoms with van der Waals surface area (Å²) >= 11 is 6.04. The van der Waals surface area contributed by atoms with Crippen molar-refractivity contribution in [2.75, 3.05) is 11.9 Å². The van der Waals surface area contributed by atoms with Gasteiger partial charge in [-0.05, 0) is 31.6 Å². The number of halogens is 2. The third kappa shape index (κ3) is 3.06. The Morgan fingerprint density at radius 2 is 2.29 bits per heavy atom. The van der Waals surface area contributed by atoms with Crippen LogP contribution < -0.4 is 5.32 Å². The quantitative estimate of drug-likeness (QED) is 0.843. The van der Waals surface area contributed by atoms with Crippen LogP contribution in [0, 0.1) is 11.7 Å². The molecular weight excluding hydrogens is 241 g/mol. The van der Waals surface area contributed by atoms with Gasteiger partial charge in [-0.1, -0.05) is 6.92 Å². The lowest BCUT2D eigenvalue weighted by molar-refractivity contribution is 0.565. The van der Waals surface area contributed by atoms with Gasteiger partial charge in [-0.25, -0.2) is 14.4 Å². The molecule has 1 fully saturated rings. The van der Waals surface area contributed by atoms with Crippen LogP contribution in [0.5, 0.6) is 0 Å². The number of aryl methyl sites for hydroxylation is 1. The Morgan fingerprint density at radius 3 is 2.94 bits per heavy atom. The molecule has 1 saturated carbocycles. The van der Waals surface area contributed by atoms with E-state index in [9.17, 15) is 4.39 Å². The smallest absolute Gasteiger partial charge is 0.186 e. The normalized spacial score (nSPS) is 23.9. The van der Waals surface area contributed by atoms with Gasteiger partial charge in [-0.3, -0.25) is 0 Å². The summed E-state index contributed by atoms with van der Waals surface area (Å²) in [5.41, 5.74) is 0.462. The maximum Gasteiger partial charge on any atom is 0.186 e. The second kappa shape index (κ2) is 5.63. The minimum Gasteiger partial charge on any atom is -0.367 e. The Balaban J connectivity index is 1.95. The molecule has 2 atom stereocenters. The first-order valence-electron chi connectivity index (χ1n) is 6.08. The van der Waals surface area contributed by atoms with Crippen LogP contribution in [0.15, 0.2) is 6.33 Å². The van der Waals surface area contributed by atoms with Gasteiger partial charge in [0.1, 0.15) is 6.33 Å². The summed E-state index contributed by atoms with van der Waals surface area (Å²) in [7, 11) is 0. The predicted octanol–water partition coefficient (Wildman–Crippen LogP) is 3.00. The van der Waals surface area contributed by atoms with E-state index >= 15 is 0 Å². The van der Waals surface area contributed by atoms with Gasteiger partial charge < -0.3 is 5.32 Å². The van der Waals surface area contributed by atoms with E-state index in [4.69, 9.17) is 11.6 Å². The van der Waals surface area contributed by atoms with Crippen molar-refractivity contribution in [3.8, 4) is 0 Å². The molecule has 1 N–H and O–H groups in total. The fourth-order valence-corrected chi connectivity index (χ4v) is 2.59. The van der Waals surface area contributed by atoms with Crippen molar-refractivity contribution in [2.45, 2.75) is 38.0 Å². The zero-order valence-corrected chi connectivity index (χ0v) is 10.7. The van der Waals surface area contributed by atoms with E-state index in [1.165, 1.54) is 6.33 Å². The highest BCUT2D eigenvalue weighted by atomic mass is 35.5. The van der Waals surface area contributed by atoms with Gasteiger partial charge in [0.15, 0.2) is 11.6 Å². The summed E-state index contributed by atoms with van der Waals surface area (Å²) in [6.45, 7) is 2.62. The number of alkyl halides is 1. The number of nitrogens with zero attached hydrogens (tertiary/aromatic N) is 2. The van der Waals surface area contributed by atoms with E-state index in [1.807, 2.05) is 6.92 Å². The summed E-state index contributed by atoms with van der Waals surface area (Å²) in [6, 6.07) is 0. The lowest BCUT2D eigenvalue weighted by Gasteiger charge is -2.12. The van der Waals surface area contributed by atoms with E-state index in [-0.39, 0.29) is 11.2 Å². The van der Waals surface area contributed by atoms with E-state index in [0.29, 0.717) is 23.9 Å². The first-order chi connectivity index (χ1) is 8.20. The molecule has 0 aliphatic heterocycles. The van der Waals surface area contributed by atoms with Crippen LogP contribution in [-0.2, 0) is 6.42 Å². The third-order valence-electron chi connectivity index (χ3n) is 3.23. The van der Waals surface area contributed by atoms with Gasteiger partial charge in [0.05, 0.1) is 5.69 Å². The Labute approximate surface area is 106 Å². The molecule has 94 valence electrons. The third-order valence-corrected chi connectivity index (χ3v) is 3.63. The molecule has 17 heavy (non-hydrogen) atoms. The molecule has 0 amide bonds. The molecule has 2 unspecified atom stereocenters. The molecule has 1 aliphatic rings. The van der Waals surface area contributed by atoms with Gasteiger partial charge in [0.25, 0.3) is 0 Å². The van der Waals surface area contributed by atoms with Gasteiger partial charge in [-0.15, -0.1) is 11.6 Å². The monoisotopic (exact) mass is 257 g/mol. The summed E-state index contributed by atoms with van der Waals surface area (Å²) < 4.78 is 13.8. The lowest BCUT2D eigenvalue weighted by atomic mass is 10.1. The number of rotatable bonds is 4. The second-order valence-corrected chi connectivity index (χ2v) is 5.11. The average molecular weight is 258 g/mol. The second-order valence-electron chi connectivity index (χ2n) is 4.49. The van der Waals surface area contributed by atoms with Crippen molar-refractivity contribution in [1.29, 1.82) is 0 Å². The Hall–Kier alpha value is -0.900. The van der Waals surface area contributed by atoms with Crippen LogP contribution in [0.2, 0.25) is 0 Å². The fourth-order valence-electron chi connectivity index (χ4n) is 2.22. The molecule has 3 nitrogen and oxygen atoms in total. The van der Waals surface area contributed by atoms with E-state index in [2.05, 4.69) is 15.3 Å². The molecule has 0 spiro atoms. The SMILES string of the molecule is CCc1ncnc(NCC2CCC(Cl)C2)c1F. The predicted molar refractivity (Wildman–Crippen MR) is 66.8 cm³/mol. The molecule has 1 aliphatic carbocycles. The minimum absolute atomic E-state index is 0.281. The largest absolute Gasteiger partial charge is 0.367 e. The molecule has 2 rings (SSSR count). The minimum atomic E-state index is -0.324. The fraction of sp³-hybridized carbons (Fsp3) is 0.667. The van der Waals surface area contributed by atoms with Gasteiger partial charge in [-0.2, -0.15) is 0 Å². The Kier molecular flexibility index (Phi) is 4.15. The number of aromatic nitrogens is 2. The first-order valence-corrected chi connectivity index (χ1v) is 6.51. The van der Waals surface area contributed by atoms with Crippen LogP contribution in [0.25, 0.3) is 0 Å². The zero-order valence-electron chi connectivity index (χ0n) is 9.92. The van der Waals surface area contributed by atoms with Crippen LogP contribution >= 0.6 is 11.6 Å². The molecule has 0 saturated heterocycles. The Morgan fingerprint density at radius 1 is 1.47 bits per heavy atom. The molecule has 1 heterocycles. The summed E-state index contributed by atoms with van der Waals surface area (Å²) in [6.07, 6.45) is 5.15. The van der Waals surface area contributed by atoms with Crippen molar-refractivity contribution >= 4 is 17.4 Å². The summed E-state index contributed by atoms with van der Waals surface area (Å²) in [5.74, 6) is 0.516. The van der Waals surface area contributed by atoms with Crippen molar-refractivity contribution in [3.63, 3.8) is 0 Å². The average Bonchev–Trinajstić information content (AvgIpc) is 2.74. The van der Waals surface area contributed by atoms with Gasteiger partial charge in [0.2, 0.25) is 0 Å². The topological polar surface area (TPSA) is 37.8 Å². The molecule has 0 aromatic carbocycles. The number of nitrogens with one attached hydrogen (secondary N) is 1. The number of hydrogen-bond acceptors (Lipinski definition) is 3. The van der Waals surface area contributed by atoms with E-state index in [1.54, 1.807) is 0 Å². The number of hydrogen-bond donors (Lipinski definition) is 1. The van der Waals surface area contributed by atoms with Crippen LogP contribution in [0.4, 0.5) is 10.2 Å². The van der Waals surface area contributed by atoms with E-state index in [0.717, 1.165) is 25.8 Å². The highest BCUT2D eigenvalue weighted by Gasteiger charge is 2.23. The van der Waals surface area contributed by atoms with Gasteiger partial charge in [0, 0.05) is 11.9 Å². The van der Waals surface area contributed by atoms with E-state index < -0.39 is 0 Å². The van der Waals surface area contributed by atoms with Gasteiger partial charge >= 0.3 is 0 Å². The number of anilines is 1. The summed E-state index contributed by atoms with van der Waals surface area (Å²) in [4.78, 5) is 7.84. The Bertz CT molecular complexity index is 386. The van der Waals surface area contributed by atoms with Crippen molar-refractivity contribution < 1.29 is 4.39 Å². The first kappa shape index (κ1) is 12.6. The standard InChI is InChI=1S/C12H17ClFN3/c1-2-10-11(14)12(17-7-16-10)15-6-8-3-4-9(13)5-8/h7-9H,2-6H2,1H3,(H,15,16,17). The molecular formula is C12H17ClFN3. The lowest BCUT2D eigenvalue weighted by Crippen LogP contribution is -2.14. The molecule has 0 bridgehead atoms. The molecule has 1 aromatic rings. The zero-order chi connectivity index (χ0) is 12.3. The highest BCUT2D eigenvalue weighted by Crippen LogP contribution is 2.29. The van der Waals surface area contributed by atoms with Crippen LogP contribution in [0.1, 0.15) is 31.9 Å². The molecule has 1 aromatic heterocycles. The van der Waals surface area contributed by atoms with Crippen LogP contribution in [0.3, 0.4) is 0 Å². The maximum absolute atomic E-state index is 13.8. The molecule has 5 heteroatoms. The summed E-state index contributed by atoms with van der Waals surface area (Å²) in [5, 5.41) is 3.35. The van der Waals surface area contributed by atoms with Crippen molar-refractivity contribution in [2.24, 2.45) is 5.92 Å². The maximum atomic E-state index is 13.8. The van der Waals surface area contributed by atoms with Crippen molar-refractivity contribution in [1.82, 2.24) is 9.97 Å². The molecule has 0 radical (unpaired) electrons. The van der Waals surface area contributed by atoms with Crippen molar-refractivity contribution in [3.05, 3.63) is 17.8 Å².